The zero-order chi connectivity index (χ0) is 18.7. The minimum absolute atomic E-state index is 0.0919. The van der Waals surface area contributed by atoms with Crippen molar-refractivity contribution in [1.29, 1.82) is 0 Å². The van der Waals surface area contributed by atoms with Crippen LogP contribution in [-0.4, -0.2) is 21.1 Å². The van der Waals surface area contributed by atoms with E-state index in [1.807, 2.05) is 45.0 Å². The average Bonchev–Trinajstić information content (AvgIpc) is 2.63. The largest absolute Gasteiger partial charge is 0.325 e. The molecule has 6 heteroatoms. The van der Waals surface area contributed by atoms with E-state index in [2.05, 4.69) is 15.3 Å². The first-order valence-electron chi connectivity index (χ1n) is 8.52. The molecule has 0 fully saturated rings. The number of thioether (sulfide) groups is 1. The molecule has 0 saturated carbocycles. The Morgan fingerprint density at radius 1 is 1.15 bits per heavy atom. The fraction of sp³-hybridized carbons (Fsp3) is 0.250. The molecular formula is C20H21N3O2S. The second kappa shape index (κ2) is 7.74. The maximum atomic E-state index is 12.7. The van der Waals surface area contributed by atoms with Gasteiger partial charge in [0, 0.05) is 5.69 Å². The third kappa shape index (κ3) is 3.80. The molecule has 0 bridgehead atoms. The molecule has 0 spiro atoms. The van der Waals surface area contributed by atoms with E-state index < -0.39 is 0 Å². The van der Waals surface area contributed by atoms with Gasteiger partial charge in [-0.05, 0) is 43.5 Å². The van der Waals surface area contributed by atoms with Crippen LogP contribution in [0.5, 0.6) is 0 Å². The van der Waals surface area contributed by atoms with Crippen molar-refractivity contribution in [2.45, 2.75) is 37.6 Å². The first kappa shape index (κ1) is 18.2. The Hall–Kier alpha value is -2.60. The van der Waals surface area contributed by atoms with E-state index in [0.717, 1.165) is 16.8 Å². The molecule has 0 aliphatic heterocycles. The van der Waals surface area contributed by atoms with Gasteiger partial charge in [-0.25, -0.2) is 4.98 Å². The van der Waals surface area contributed by atoms with Gasteiger partial charge in [0.25, 0.3) is 5.56 Å². The highest BCUT2D eigenvalue weighted by Gasteiger charge is 2.21. The lowest BCUT2D eigenvalue weighted by Crippen LogP contribution is -2.26. The standard InChI is InChI=1S/C20H21N3O2S/c1-4-16(19(25)22-17-12(2)8-7-9-13(17)3)26-20-21-15-11-6-5-10-14(15)18(24)23-20/h5-11,16H,4H2,1-3H3,(H,22,25)(H,21,23,24). The zero-order valence-corrected chi connectivity index (χ0v) is 15.8. The van der Waals surface area contributed by atoms with Crippen molar-refractivity contribution < 1.29 is 4.79 Å². The molecule has 26 heavy (non-hydrogen) atoms. The molecule has 0 radical (unpaired) electrons. The van der Waals surface area contributed by atoms with Crippen molar-refractivity contribution in [3.63, 3.8) is 0 Å². The minimum atomic E-state index is -0.349. The molecule has 0 aliphatic rings. The molecular weight excluding hydrogens is 346 g/mol. The number of aromatic amines is 1. The first-order chi connectivity index (χ1) is 12.5. The predicted octanol–water partition coefficient (Wildman–Crippen LogP) is 4.05. The van der Waals surface area contributed by atoms with Crippen LogP contribution in [0.4, 0.5) is 5.69 Å². The lowest BCUT2D eigenvalue weighted by molar-refractivity contribution is -0.115. The Bertz CT molecular complexity index is 993. The maximum Gasteiger partial charge on any atom is 0.259 e. The highest BCUT2D eigenvalue weighted by atomic mass is 32.2. The van der Waals surface area contributed by atoms with E-state index in [4.69, 9.17) is 0 Å². The number of amides is 1. The van der Waals surface area contributed by atoms with Crippen molar-refractivity contribution in [1.82, 2.24) is 9.97 Å². The fourth-order valence-electron chi connectivity index (χ4n) is 2.79. The van der Waals surface area contributed by atoms with Crippen LogP contribution in [0.15, 0.2) is 52.4 Å². The van der Waals surface area contributed by atoms with Gasteiger partial charge in [-0.15, -0.1) is 0 Å². The van der Waals surface area contributed by atoms with E-state index in [9.17, 15) is 9.59 Å². The number of para-hydroxylation sites is 2. The monoisotopic (exact) mass is 367 g/mol. The van der Waals surface area contributed by atoms with Gasteiger partial charge in [-0.1, -0.05) is 49.0 Å². The molecule has 2 aromatic carbocycles. The van der Waals surface area contributed by atoms with Crippen LogP contribution >= 0.6 is 11.8 Å². The maximum absolute atomic E-state index is 12.7. The number of nitrogens with one attached hydrogen (secondary N) is 2. The number of hydrogen-bond acceptors (Lipinski definition) is 4. The molecule has 1 unspecified atom stereocenters. The predicted molar refractivity (Wildman–Crippen MR) is 107 cm³/mol. The molecule has 134 valence electrons. The third-order valence-electron chi connectivity index (χ3n) is 4.24. The summed E-state index contributed by atoms with van der Waals surface area (Å²) in [5.41, 5.74) is 3.33. The number of hydrogen-bond donors (Lipinski definition) is 2. The highest BCUT2D eigenvalue weighted by molar-refractivity contribution is 8.00. The Morgan fingerprint density at radius 3 is 2.54 bits per heavy atom. The molecule has 3 aromatic rings. The van der Waals surface area contributed by atoms with Gasteiger partial charge >= 0.3 is 0 Å². The molecule has 5 nitrogen and oxygen atoms in total. The van der Waals surface area contributed by atoms with Crippen molar-refractivity contribution in [3.8, 4) is 0 Å². The molecule has 3 rings (SSSR count). The summed E-state index contributed by atoms with van der Waals surface area (Å²) in [6, 6.07) is 13.1. The second-order valence-electron chi connectivity index (χ2n) is 6.16. The van der Waals surface area contributed by atoms with Crippen LogP contribution in [0, 0.1) is 13.8 Å². The molecule has 1 atom stereocenters. The summed E-state index contributed by atoms with van der Waals surface area (Å²) in [7, 11) is 0. The van der Waals surface area contributed by atoms with Gasteiger partial charge in [0.2, 0.25) is 5.91 Å². The normalized spacial score (nSPS) is 12.1. The third-order valence-corrected chi connectivity index (χ3v) is 5.49. The quantitative estimate of drug-likeness (QED) is 0.527. The summed E-state index contributed by atoms with van der Waals surface area (Å²) in [6.45, 7) is 5.89. The molecule has 2 N–H and O–H groups in total. The van der Waals surface area contributed by atoms with Gasteiger partial charge in [0.1, 0.15) is 0 Å². The van der Waals surface area contributed by atoms with Crippen LogP contribution in [0.25, 0.3) is 10.9 Å². The average molecular weight is 367 g/mol. The van der Waals surface area contributed by atoms with Crippen LogP contribution in [0.1, 0.15) is 24.5 Å². The van der Waals surface area contributed by atoms with E-state index in [1.165, 1.54) is 11.8 Å². The van der Waals surface area contributed by atoms with Crippen LogP contribution in [0.3, 0.4) is 0 Å². The fourth-order valence-corrected chi connectivity index (χ4v) is 3.70. The van der Waals surface area contributed by atoms with Crippen LogP contribution in [-0.2, 0) is 4.79 Å². The number of nitrogens with zero attached hydrogens (tertiary/aromatic N) is 1. The molecule has 1 heterocycles. The van der Waals surface area contributed by atoms with E-state index in [-0.39, 0.29) is 16.7 Å². The summed E-state index contributed by atoms with van der Waals surface area (Å²) in [5.74, 6) is -0.0919. The van der Waals surface area contributed by atoms with E-state index >= 15 is 0 Å². The minimum Gasteiger partial charge on any atom is -0.325 e. The van der Waals surface area contributed by atoms with Crippen molar-refractivity contribution in [2.75, 3.05) is 5.32 Å². The highest BCUT2D eigenvalue weighted by Crippen LogP contribution is 2.26. The van der Waals surface area contributed by atoms with Crippen LogP contribution in [0.2, 0.25) is 0 Å². The second-order valence-corrected chi connectivity index (χ2v) is 7.35. The molecule has 1 aromatic heterocycles. The van der Waals surface area contributed by atoms with Crippen LogP contribution < -0.4 is 10.9 Å². The van der Waals surface area contributed by atoms with Crippen molar-refractivity contribution in [2.24, 2.45) is 0 Å². The Morgan fingerprint density at radius 2 is 1.85 bits per heavy atom. The Kier molecular flexibility index (Phi) is 5.42. The molecule has 1 amide bonds. The summed E-state index contributed by atoms with van der Waals surface area (Å²) < 4.78 is 0. The van der Waals surface area contributed by atoms with Crippen molar-refractivity contribution >= 4 is 34.3 Å². The van der Waals surface area contributed by atoms with Crippen molar-refractivity contribution in [3.05, 3.63) is 63.9 Å². The summed E-state index contributed by atoms with van der Waals surface area (Å²) in [6.07, 6.45) is 0.623. The lowest BCUT2D eigenvalue weighted by atomic mass is 10.1. The number of carbonyl (C=O) groups excluding carboxylic acids is 1. The number of fused-ring (bicyclic) bond motifs is 1. The van der Waals surface area contributed by atoms with Gasteiger partial charge < -0.3 is 10.3 Å². The van der Waals surface area contributed by atoms with Gasteiger partial charge in [0.15, 0.2) is 5.16 Å². The number of aromatic nitrogens is 2. The smallest absolute Gasteiger partial charge is 0.259 e. The molecule has 0 saturated heterocycles. The Labute approximate surface area is 156 Å². The topological polar surface area (TPSA) is 74.8 Å². The lowest BCUT2D eigenvalue weighted by Gasteiger charge is -2.17. The number of benzene rings is 2. The molecule has 0 aliphatic carbocycles. The zero-order valence-electron chi connectivity index (χ0n) is 15.0. The Balaban J connectivity index is 1.83. The number of anilines is 1. The van der Waals surface area contributed by atoms with Gasteiger partial charge in [-0.3, -0.25) is 9.59 Å². The number of aryl methyl sites for hydroxylation is 2. The number of carbonyl (C=O) groups is 1. The number of H-pyrrole nitrogens is 1. The van der Waals surface area contributed by atoms with E-state index in [0.29, 0.717) is 22.5 Å². The summed E-state index contributed by atoms with van der Waals surface area (Å²) in [4.78, 5) is 32.2. The van der Waals surface area contributed by atoms with Gasteiger partial charge in [-0.2, -0.15) is 0 Å². The first-order valence-corrected chi connectivity index (χ1v) is 9.40. The SMILES string of the molecule is CCC(Sc1nc2ccccc2c(=O)[nH]1)C(=O)Nc1c(C)cccc1C. The van der Waals surface area contributed by atoms with Gasteiger partial charge in [0.05, 0.1) is 16.2 Å². The summed E-state index contributed by atoms with van der Waals surface area (Å²) >= 11 is 1.28. The number of rotatable bonds is 5. The van der Waals surface area contributed by atoms with E-state index in [1.54, 1.807) is 18.2 Å². The summed E-state index contributed by atoms with van der Waals surface area (Å²) in [5, 5.41) is 3.68.